The third-order valence-electron chi connectivity index (χ3n) is 2.80. The van der Waals surface area contributed by atoms with E-state index in [-0.39, 0.29) is 11.4 Å². The van der Waals surface area contributed by atoms with Crippen LogP contribution in [0.4, 0.5) is 5.69 Å². The minimum Gasteiger partial charge on any atom is -0.350 e. The quantitative estimate of drug-likeness (QED) is 0.456. The predicted molar refractivity (Wildman–Crippen MR) is 69.2 cm³/mol. The van der Waals surface area contributed by atoms with Gasteiger partial charge >= 0.3 is 5.69 Å². The van der Waals surface area contributed by atoms with Crippen LogP contribution in [0.15, 0.2) is 18.5 Å². The molecule has 0 fully saturated rings. The number of amides is 1. The van der Waals surface area contributed by atoms with Crippen molar-refractivity contribution in [2.24, 2.45) is 0 Å². The SMILES string of the molecule is Cc1ccnn1CCCNC(=O)c1[nH]ncc1[N+](=O)[O-]. The molecule has 2 heterocycles. The zero-order valence-electron chi connectivity index (χ0n) is 10.9. The summed E-state index contributed by atoms with van der Waals surface area (Å²) in [7, 11) is 0. The molecule has 2 N–H and O–H groups in total. The molecule has 2 aromatic heterocycles. The second-order valence-corrected chi connectivity index (χ2v) is 4.19. The Hall–Kier alpha value is -2.71. The normalized spacial score (nSPS) is 10.4. The lowest BCUT2D eigenvalue weighted by Crippen LogP contribution is -2.26. The molecule has 0 saturated carbocycles. The Morgan fingerprint density at radius 3 is 3.05 bits per heavy atom. The molecule has 0 aliphatic heterocycles. The number of carbonyl (C=O) groups is 1. The van der Waals surface area contributed by atoms with Crippen molar-refractivity contribution in [2.45, 2.75) is 19.9 Å². The van der Waals surface area contributed by atoms with Crippen molar-refractivity contribution in [1.82, 2.24) is 25.3 Å². The Labute approximate surface area is 114 Å². The highest BCUT2D eigenvalue weighted by atomic mass is 16.6. The van der Waals surface area contributed by atoms with E-state index in [1.165, 1.54) is 0 Å². The van der Waals surface area contributed by atoms with Gasteiger partial charge < -0.3 is 5.32 Å². The summed E-state index contributed by atoms with van der Waals surface area (Å²) in [4.78, 5) is 21.8. The number of aromatic amines is 1. The van der Waals surface area contributed by atoms with Crippen molar-refractivity contribution >= 4 is 11.6 Å². The summed E-state index contributed by atoms with van der Waals surface area (Å²) < 4.78 is 1.82. The molecule has 2 aromatic rings. The van der Waals surface area contributed by atoms with E-state index in [9.17, 15) is 14.9 Å². The van der Waals surface area contributed by atoms with E-state index in [0.717, 1.165) is 11.9 Å². The maximum atomic E-state index is 11.8. The van der Waals surface area contributed by atoms with Crippen LogP contribution in [0.25, 0.3) is 0 Å². The number of aryl methyl sites for hydroxylation is 2. The van der Waals surface area contributed by atoms with E-state index in [2.05, 4.69) is 20.6 Å². The van der Waals surface area contributed by atoms with Gasteiger partial charge in [-0.25, -0.2) is 0 Å². The molecule has 2 rings (SSSR count). The molecule has 9 heteroatoms. The van der Waals surface area contributed by atoms with Gasteiger partial charge in [0, 0.05) is 25.0 Å². The lowest BCUT2D eigenvalue weighted by molar-refractivity contribution is -0.385. The Balaban J connectivity index is 1.82. The molecular formula is C11H14N6O3. The van der Waals surface area contributed by atoms with Crippen LogP contribution in [0.1, 0.15) is 22.6 Å². The first-order valence-electron chi connectivity index (χ1n) is 6.04. The Morgan fingerprint density at radius 2 is 2.40 bits per heavy atom. The number of rotatable bonds is 6. The fraction of sp³-hybridized carbons (Fsp3) is 0.364. The molecule has 0 aromatic carbocycles. The lowest BCUT2D eigenvalue weighted by atomic mass is 10.3. The van der Waals surface area contributed by atoms with E-state index in [4.69, 9.17) is 0 Å². The highest BCUT2D eigenvalue weighted by Crippen LogP contribution is 2.13. The molecule has 0 aliphatic carbocycles. The van der Waals surface area contributed by atoms with Crippen molar-refractivity contribution in [3.05, 3.63) is 40.0 Å². The number of carbonyl (C=O) groups excluding carboxylic acids is 1. The standard InChI is InChI=1S/C11H14N6O3/c1-8-3-5-14-16(8)6-2-4-12-11(18)10-9(17(19)20)7-13-15-10/h3,5,7H,2,4,6H2,1H3,(H,12,18)(H,13,15). The van der Waals surface area contributed by atoms with Gasteiger partial charge in [-0.2, -0.15) is 10.2 Å². The molecule has 0 aliphatic rings. The molecule has 0 bridgehead atoms. The molecule has 0 unspecified atom stereocenters. The summed E-state index contributed by atoms with van der Waals surface area (Å²) >= 11 is 0. The van der Waals surface area contributed by atoms with Crippen LogP contribution in [0.2, 0.25) is 0 Å². The minimum absolute atomic E-state index is 0.134. The molecule has 0 atom stereocenters. The van der Waals surface area contributed by atoms with Crippen LogP contribution in [-0.2, 0) is 6.54 Å². The van der Waals surface area contributed by atoms with Gasteiger partial charge in [-0.15, -0.1) is 0 Å². The van der Waals surface area contributed by atoms with Crippen LogP contribution < -0.4 is 5.32 Å². The molecule has 20 heavy (non-hydrogen) atoms. The smallest absolute Gasteiger partial charge is 0.319 e. The number of hydrogen-bond acceptors (Lipinski definition) is 5. The van der Waals surface area contributed by atoms with Crippen LogP contribution in [0.3, 0.4) is 0 Å². The second kappa shape index (κ2) is 5.95. The topological polar surface area (TPSA) is 119 Å². The van der Waals surface area contributed by atoms with Gasteiger partial charge in [-0.05, 0) is 19.4 Å². The first-order valence-corrected chi connectivity index (χ1v) is 6.04. The summed E-state index contributed by atoms with van der Waals surface area (Å²) in [6.07, 6.45) is 3.40. The summed E-state index contributed by atoms with van der Waals surface area (Å²) in [5, 5.41) is 23.2. The number of nitrogens with zero attached hydrogens (tertiary/aromatic N) is 4. The lowest BCUT2D eigenvalue weighted by Gasteiger charge is -2.05. The number of aromatic nitrogens is 4. The van der Waals surface area contributed by atoms with Gasteiger partial charge in [0.2, 0.25) is 5.69 Å². The van der Waals surface area contributed by atoms with E-state index >= 15 is 0 Å². The molecule has 0 radical (unpaired) electrons. The van der Waals surface area contributed by atoms with Gasteiger partial charge in [0.1, 0.15) is 6.20 Å². The van der Waals surface area contributed by atoms with Crippen LogP contribution in [0.5, 0.6) is 0 Å². The molecule has 0 saturated heterocycles. The van der Waals surface area contributed by atoms with Crippen molar-refractivity contribution in [2.75, 3.05) is 6.54 Å². The summed E-state index contributed by atoms with van der Waals surface area (Å²) in [6, 6.07) is 1.90. The van der Waals surface area contributed by atoms with E-state index in [1.807, 2.05) is 17.7 Å². The maximum absolute atomic E-state index is 11.8. The van der Waals surface area contributed by atoms with Crippen molar-refractivity contribution < 1.29 is 9.72 Å². The Bertz CT molecular complexity index is 617. The zero-order chi connectivity index (χ0) is 14.5. The molecule has 106 valence electrons. The Morgan fingerprint density at radius 1 is 1.60 bits per heavy atom. The number of H-pyrrole nitrogens is 1. The maximum Gasteiger partial charge on any atom is 0.319 e. The minimum atomic E-state index is -0.647. The first-order chi connectivity index (χ1) is 9.59. The molecule has 1 amide bonds. The van der Waals surface area contributed by atoms with Crippen molar-refractivity contribution in [3.63, 3.8) is 0 Å². The van der Waals surface area contributed by atoms with Crippen molar-refractivity contribution in [3.8, 4) is 0 Å². The molecule has 0 spiro atoms. The average Bonchev–Trinajstić information content (AvgIpc) is 3.03. The zero-order valence-corrected chi connectivity index (χ0v) is 10.9. The summed E-state index contributed by atoms with van der Waals surface area (Å²) in [5.41, 5.74) is 0.580. The van der Waals surface area contributed by atoms with Crippen LogP contribution in [0, 0.1) is 17.0 Å². The highest BCUT2D eigenvalue weighted by molar-refractivity contribution is 5.95. The summed E-state index contributed by atoms with van der Waals surface area (Å²) in [5.74, 6) is -0.536. The largest absolute Gasteiger partial charge is 0.350 e. The van der Waals surface area contributed by atoms with Gasteiger partial charge in [0.15, 0.2) is 0 Å². The second-order valence-electron chi connectivity index (χ2n) is 4.19. The fourth-order valence-corrected chi connectivity index (χ4v) is 1.74. The predicted octanol–water partition coefficient (Wildman–Crippen LogP) is 0.643. The monoisotopic (exact) mass is 278 g/mol. The van der Waals surface area contributed by atoms with Gasteiger partial charge in [0.05, 0.1) is 4.92 Å². The summed E-state index contributed by atoms with van der Waals surface area (Å²) in [6.45, 7) is 3.01. The van der Waals surface area contributed by atoms with Crippen LogP contribution >= 0.6 is 0 Å². The molecular weight excluding hydrogens is 264 g/mol. The molecule has 9 nitrogen and oxygen atoms in total. The average molecular weight is 278 g/mol. The Kier molecular flexibility index (Phi) is 4.08. The van der Waals surface area contributed by atoms with E-state index < -0.39 is 10.8 Å². The third-order valence-corrected chi connectivity index (χ3v) is 2.80. The van der Waals surface area contributed by atoms with E-state index in [1.54, 1.807) is 6.20 Å². The van der Waals surface area contributed by atoms with Gasteiger partial charge in [0.25, 0.3) is 5.91 Å². The fourth-order valence-electron chi connectivity index (χ4n) is 1.74. The van der Waals surface area contributed by atoms with Crippen molar-refractivity contribution in [1.29, 1.82) is 0 Å². The number of nitrogens with one attached hydrogen (secondary N) is 2. The number of hydrogen-bond donors (Lipinski definition) is 2. The first kappa shape index (κ1) is 13.7. The highest BCUT2D eigenvalue weighted by Gasteiger charge is 2.22. The van der Waals surface area contributed by atoms with Gasteiger partial charge in [-0.1, -0.05) is 0 Å². The third kappa shape index (κ3) is 2.99. The van der Waals surface area contributed by atoms with Gasteiger partial charge in [-0.3, -0.25) is 24.7 Å². The van der Waals surface area contributed by atoms with E-state index in [0.29, 0.717) is 19.5 Å². The number of nitro groups is 1. The van der Waals surface area contributed by atoms with Crippen LogP contribution in [-0.4, -0.2) is 37.4 Å².